The Hall–Kier alpha value is -1.81. The minimum absolute atomic E-state index is 0.0330. The average Bonchev–Trinajstić information content (AvgIpc) is 3.20. The number of rotatable bonds is 5. The van der Waals surface area contributed by atoms with Crippen molar-refractivity contribution in [1.82, 2.24) is 14.3 Å². The summed E-state index contributed by atoms with van der Waals surface area (Å²) in [6.07, 6.45) is 4.17. The fourth-order valence-corrected chi connectivity index (χ4v) is 6.28. The van der Waals surface area contributed by atoms with Crippen LogP contribution in [-0.4, -0.2) is 49.9 Å². The Morgan fingerprint density at radius 2 is 2.14 bits per heavy atom. The van der Waals surface area contributed by atoms with Crippen LogP contribution in [0.1, 0.15) is 17.5 Å². The molecular weight excluding hydrogens is 420 g/mol. The molecule has 0 spiro atoms. The first-order chi connectivity index (χ1) is 13.3. The number of likely N-dealkylation sites (N-methyl/N-ethyl adjacent to an activating group) is 1. The molecule has 0 amide bonds. The number of anilines is 1. The van der Waals surface area contributed by atoms with Crippen LogP contribution in [0.5, 0.6) is 5.75 Å². The van der Waals surface area contributed by atoms with Crippen molar-refractivity contribution in [3.63, 3.8) is 0 Å². The highest BCUT2D eigenvalue weighted by atomic mass is 35.5. The molecule has 0 aliphatic heterocycles. The summed E-state index contributed by atoms with van der Waals surface area (Å²) in [6.45, 7) is 0. The molecule has 0 radical (unpaired) electrons. The van der Waals surface area contributed by atoms with Crippen LogP contribution < -0.4 is 9.46 Å². The normalized spacial score (nSPS) is 17.1. The van der Waals surface area contributed by atoms with E-state index in [1.807, 2.05) is 6.07 Å². The van der Waals surface area contributed by atoms with Crippen molar-refractivity contribution in [3.05, 3.63) is 40.0 Å². The van der Waals surface area contributed by atoms with Crippen molar-refractivity contribution in [3.8, 4) is 5.75 Å². The molecule has 3 aromatic rings. The molecule has 2 heterocycles. The van der Waals surface area contributed by atoms with E-state index in [1.165, 1.54) is 15.7 Å². The highest BCUT2D eigenvalue weighted by Crippen LogP contribution is 2.37. The molecule has 28 heavy (non-hydrogen) atoms. The molecule has 1 unspecified atom stereocenters. The van der Waals surface area contributed by atoms with Gasteiger partial charge in [0.15, 0.2) is 15.1 Å². The molecule has 7 nitrogen and oxygen atoms in total. The molecule has 10 heteroatoms. The second-order valence-electron chi connectivity index (χ2n) is 7.00. The van der Waals surface area contributed by atoms with Crippen molar-refractivity contribution in [2.75, 3.05) is 25.9 Å². The molecule has 0 saturated heterocycles. The molecule has 2 aromatic heterocycles. The maximum Gasteiger partial charge on any atom is 0.281 e. The molecule has 0 bridgehead atoms. The third-order valence-electron chi connectivity index (χ3n) is 5.18. The largest absolute Gasteiger partial charge is 0.496 e. The summed E-state index contributed by atoms with van der Waals surface area (Å²) in [4.78, 5) is 6.86. The summed E-state index contributed by atoms with van der Waals surface area (Å²) < 4.78 is 36.0. The summed E-state index contributed by atoms with van der Waals surface area (Å²) in [6, 6.07) is 3.96. The fourth-order valence-electron chi connectivity index (χ4n) is 3.73. The third-order valence-corrected chi connectivity index (χ3v) is 7.70. The molecule has 150 valence electrons. The van der Waals surface area contributed by atoms with E-state index in [2.05, 4.69) is 28.7 Å². The van der Waals surface area contributed by atoms with Crippen LogP contribution in [-0.2, 0) is 22.9 Å². The number of hydrogen-bond donors (Lipinski definition) is 1. The zero-order valence-electron chi connectivity index (χ0n) is 15.8. The van der Waals surface area contributed by atoms with Crippen LogP contribution in [0.15, 0.2) is 28.7 Å². The van der Waals surface area contributed by atoms with Gasteiger partial charge >= 0.3 is 0 Å². The van der Waals surface area contributed by atoms with E-state index in [0.717, 1.165) is 36.1 Å². The van der Waals surface area contributed by atoms with Crippen molar-refractivity contribution in [2.24, 2.45) is 0 Å². The number of thiazole rings is 1. The Morgan fingerprint density at radius 3 is 2.86 bits per heavy atom. The summed E-state index contributed by atoms with van der Waals surface area (Å²) in [5.74, 6) is 0.784. The molecule has 1 aliphatic rings. The van der Waals surface area contributed by atoms with Crippen LogP contribution in [0.4, 0.5) is 5.69 Å². The molecule has 1 atom stereocenters. The van der Waals surface area contributed by atoms with Crippen molar-refractivity contribution in [1.29, 1.82) is 0 Å². The molecule has 1 aliphatic carbocycles. The van der Waals surface area contributed by atoms with Gasteiger partial charge in [-0.2, -0.15) is 8.42 Å². The lowest BCUT2D eigenvalue weighted by Crippen LogP contribution is -2.34. The predicted octanol–water partition coefficient (Wildman–Crippen LogP) is 3.28. The van der Waals surface area contributed by atoms with E-state index in [1.54, 1.807) is 24.8 Å². The first-order valence-corrected chi connectivity index (χ1v) is 11.5. The van der Waals surface area contributed by atoms with Gasteiger partial charge < -0.3 is 9.64 Å². The lowest BCUT2D eigenvalue weighted by Gasteiger charge is -2.32. The first kappa shape index (κ1) is 19.5. The summed E-state index contributed by atoms with van der Waals surface area (Å²) in [7, 11) is 1.85. The van der Waals surface area contributed by atoms with Gasteiger partial charge in [0.2, 0.25) is 0 Å². The smallest absolute Gasteiger partial charge is 0.281 e. The number of sulfonamides is 1. The number of nitrogens with one attached hydrogen (secondary N) is 1. The van der Waals surface area contributed by atoms with Crippen LogP contribution in [0.3, 0.4) is 0 Å². The molecule has 4 rings (SSSR count). The van der Waals surface area contributed by atoms with Gasteiger partial charge in [-0.3, -0.25) is 9.12 Å². The molecular formula is C18H21ClN4O3S2. The maximum atomic E-state index is 13.1. The van der Waals surface area contributed by atoms with Crippen LogP contribution in [0.25, 0.3) is 4.96 Å². The number of methoxy groups -OCH3 is 1. The minimum atomic E-state index is -3.91. The summed E-state index contributed by atoms with van der Waals surface area (Å²) >= 11 is 7.46. The van der Waals surface area contributed by atoms with E-state index in [9.17, 15) is 8.42 Å². The SMILES string of the molecule is COc1ccc(NS(=O)(=O)c2c(Cl)nc3sccn23)c2c1CC(N(C)C)CC2. The van der Waals surface area contributed by atoms with E-state index in [-0.39, 0.29) is 10.2 Å². The number of nitrogens with zero attached hydrogens (tertiary/aromatic N) is 3. The van der Waals surface area contributed by atoms with Crippen molar-refractivity contribution < 1.29 is 13.2 Å². The standard InChI is InChI=1S/C18H21ClN4O3S2/c1-22(2)11-4-5-12-13(10-11)15(26-3)7-6-14(12)21-28(24,25)17-16(19)20-18-23(17)8-9-27-18/h6-9,11,21H,4-5,10H2,1-3H3. The van der Waals surface area contributed by atoms with Crippen LogP contribution >= 0.6 is 22.9 Å². The highest BCUT2D eigenvalue weighted by Gasteiger charge is 2.29. The number of ether oxygens (including phenoxy) is 1. The Bertz CT molecular complexity index is 1140. The van der Waals surface area contributed by atoms with E-state index < -0.39 is 10.0 Å². The van der Waals surface area contributed by atoms with Gasteiger partial charge in [0, 0.05) is 23.2 Å². The zero-order valence-corrected chi connectivity index (χ0v) is 18.2. The van der Waals surface area contributed by atoms with Gasteiger partial charge in [-0.05, 0) is 51.1 Å². The fraction of sp³-hybridized carbons (Fsp3) is 0.389. The van der Waals surface area contributed by atoms with Gasteiger partial charge in [-0.15, -0.1) is 11.3 Å². The lowest BCUT2D eigenvalue weighted by molar-refractivity contribution is 0.265. The maximum absolute atomic E-state index is 13.1. The Kier molecular flexibility index (Phi) is 5.03. The van der Waals surface area contributed by atoms with E-state index in [0.29, 0.717) is 16.7 Å². The predicted molar refractivity (Wildman–Crippen MR) is 111 cm³/mol. The van der Waals surface area contributed by atoms with Crippen molar-refractivity contribution >= 4 is 43.6 Å². The number of halogens is 1. The second kappa shape index (κ2) is 7.22. The first-order valence-electron chi connectivity index (χ1n) is 8.81. The molecule has 0 saturated carbocycles. The van der Waals surface area contributed by atoms with Gasteiger partial charge in [-0.25, -0.2) is 4.98 Å². The second-order valence-corrected chi connectivity index (χ2v) is 9.83. The number of benzene rings is 1. The van der Waals surface area contributed by atoms with Gasteiger partial charge in [-0.1, -0.05) is 11.6 Å². The number of aromatic nitrogens is 2. The van der Waals surface area contributed by atoms with Gasteiger partial charge in [0.05, 0.1) is 12.8 Å². The highest BCUT2D eigenvalue weighted by molar-refractivity contribution is 7.92. The number of hydrogen-bond acceptors (Lipinski definition) is 6. The summed E-state index contributed by atoms with van der Waals surface area (Å²) in [5.41, 5.74) is 2.59. The number of imidazole rings is 1. The Balaban J connectivity index is 1.75. The van der Waals surface area contributed by atoms with Crippen LogP contribution in [0.2, 0.25) is 5.15 Å². The average molecular weight is 441 g/mol. The Labute approximate surface area is 173 Å². The topological polar surface area (TPSA) is 75.9 Å². The molecule has 0 fully saturated rings. The Morgan fingerprint density at radius 1 is 1.36 bits per heavy atom. The molecule has 1 aromatic carbocycles. The van der Waals surface area contributed by atoms with Crippen molar-refractivity contribution in [2.45, 2.75) is 30.3 Å². The zero-order chi connectivity index (χ0) is 20.1. The number of fused-ring (bicyclic) bond motifs is 2. The van der Waals surface area contributed by atoms with Crippen LogP contribution in [0, 0.1) is 0 Å². The lowest BCUT2D eigenvalue weighted by atomic mass is 9.86. The summed E-state index contributed by atoms with van der Waals surface area (Å²) in [5, 5.41) is 1.69. The van der Waals surface area contributed by atoms with E-state index in [4.69, 9.17) is 16.3 Å². The quantitative estimate of drug-likeness (QED) is 0.658. The monoisotopic (exact) mass is 440 g/mol. The van der Waals surface area contributed by atoms with Gasteiger partial charge in [0.25, 0.3) is 10.0 Å². The minimum Gasteiger partial charge on any atom is -0.496 e. The van der Waals surface area contributed by atoms with E-state index >= 15 is 0 Å². The molecule has 1 N–H and O–H groups in total. The van der Waals surface area contributed by atoms with Gasteiger partial charge in [0.1, 0.15) is 5.75 Å². The third kappa shape index (κ3) is 3.26.